The number of hydrogen-bond donors (Lipinski definition) is 2. The molecule has 5 nitrogen and oxygen atoms in total. The van der Waals surface area contributed by atoms with E-state index >= 15 is 0 Å². The van der Waals surface area contributed by atoms with Crippen LogP contribution in [-0.4, -0.2) is 18.0 Å². The van der Waals surface area contributed by atoms with Crippen LogP contribution in [0.3, 0.4) is 0 Å². The summed E-state index contributed by atoms with van der Waals surface area (Å²) in [5.41, 5.74) is 7.38. The molecule has 0 unspecified atom stereocenters. The molecule has 0 spiro atoms. The van der Waals surface area contributed by atoms with Gasteiger partial charge in [0.1, 0.15) is 11.3 Å². The molecule has 0 saturated heterocycles. The average Bonchev–Trinajstić information content (AvgIpc) is 2.89. The van der Waals surface area contributed by atoms with Gasteiger partial charge in [-0.3, -0.25) is 4.79 Å². The van der Waals surface area contributed by atoms with Gasteiger partial charge in [0.25, 0.3) is 5.91 Å². The Bertz CT molecular complexity index is 911. The predicted octanol–water partition coefficient (Wildman–Crippen LogP) is 4.45. The number of benzene rings is 2. The fourth-order valence-corrected chi connectivity index (χ4v) is 3.17. The number of anilines is 2. The van der Waals surface area contributed by atoms with Crippen molar-refractivity contribution in [2.75, 3.05) is 18.2 Å². The lowest BCUT2D eigenvalue weighted by molar-refractivity contribution is 0.102. The molecule has 0 bridgehead atoms. The van der Waals surface area contributed by atoms with Crippen molar-refractivity contribution in [2.24, 2.45) is 0 Å². The van der Waals surface area contributed by atoms with Crippen molar-refractivity contribution >= 4 is 61.5 Å². The van der Waals surface area contributed by atoms with E-state index in [0.29, 0.717) is 37.7 Å². The third-order valence-electron chi connectivity index (χ3n) is 3.14. The number of halogens is 2. The molecule has 1 aromatic heterocycles. The second-order valence-electron chi connectivity index (χ2n) is 4.66. The number of nitrogens with two attached hydrogens (primary N) is 1. The largest absolute Gasteiger partial charge is 0.494 e. The van der Waals surface area contributed by atoms with Crippen LogP contribution in [-0.2, 0) is 0 Å². The van der Waals surface area contributed by atoms with Crippen LogP contribution < -0.4 is 15.8 Å². The normalized spacial score (nSPS) is 10.7. The van der Waals surface area contributed by atoms with Crippen LogP contribution in [0.15, 0.2) is 30.3 Å². The third kappa shape index (κ3) is 3.19. The second kappa shape index (κ2) is 6.23. The number of nitrogens with zero attached hydrogens (tertiary/aromatic N) is 1. The maximum absolute atomic E-state index is 12.3. The average molecular weight is 368 g/mol. The number of amides is 1. The van der Waals surface area contributed by atoms with Crippen molar-refractivity contribution in [3.05, 3.63) is 45.9 Å². The molecule has 3 aromatic rings. The van der Waals surface area contributed by atoms with Crippen molar-refractivity contribution < 1.29 is 9.53 Å². The molecule has 1 heterocycles. The summed E-state index contributed by atoms with van der Waals surface area (Å²) in [6.07, 6.45) is 0. The number of carbonyl (C=O) groups is 1. The van der Waals surface area contributed by atoms with Crippen LogP contribution >= 0.6 is 34.5 Å². The molecule has 0 radical (unpaired) electrons. The zero-order chi connectivity index (χ0) is 16.6. The summed E-state index contributed by atoms with van der Waals surface area (Å²) in [7, 11) is 1.54. The van der Waals surface area contributed by atoms with Gasteiger partial charge in [-0.15, -0.1) is 0 Å². The van der Waals surface area contributed by atoms with E-state index in [4.69, 9.17) is 33.7 Å². The molecular formula is C15H11Cl2N3O2S. The summed E-state index contributed by atoms with van der Waals surface area (Å²) >= 11 is 13.1. The Hall–Kier alpha value is -2.02. The Kier molecular flexibility index (Phi) is 4.30. The zero-order valence-electron chi connectivity index (χ0n) is 11.9. The van der Waals surface area contributed by atoms with E-state index < -0.39 is 0 Å². The maximum Gasteiger partial charge on any atom is 0.255 e. The fourth-order valence-electron chi connectivity index (χ4n) is 2.08. The molecule has 118 valence electrons. The van der Waals surface area contributed by atoms with E-state index in [1.807, 2.05) is 0 Å². The molecule has 23 heavy (non-hydrogen) atoms. The van der Waals surface area contributed by atoms with E-state index in [0.717, 1.165) is 4.70 Å². The first-order valence-electron chi connectivity index (χ1n) is 6.48. The van der Waals surface area contributed by atoms with Gasteiger partial charge in [0.2, 0.25) is 0 Å². The van der Waals surface area contributed by atoms with Crippen molar-refractivity contribution in [1.29, 1.82) is 0 Å². The van der Waals surface area contributed by atoms with Gasteiger partial charge >= 0.3 is 0 Å². The van der Waals surface area contributed by atoms with Crippen molar-refractivity contribution in [3.63, 3.8) is 0 Å². The number of aromatic nitrogens is 1. The molecule has 3 rings (SSSR count). The maximum atomic E-state index is 12.3. The summed E-state index contributed by atoms with van der Waals surface area (Å²) in [4.78, 5) is 16.5. The lowest BCUT2D eigenvalue weighted by Crippen LogP contribution is -2.11. The highest BCUT2D eigenvalue weighted by molar-refractivity contribution is 7.22. The van der Waals surface area contributed by atoms with Crippen molar-refractivity contribution in [2.45, 2.75) is 0 Å². The number of nitrogens with one attached hydrogen (secondary N) is 1. The summed E-state index contributed by atoms with van der Waals surface area (Å²) in [6, 6.07) is 8.17. The number of methoxy groups -OCH3 is 1. The summed E-state index contributed by atoms with van der Waals surface area (Å²) in [6.45, 7) is 0. The molecule has 0 aliphatic heterocycles. The number of rotatable bonds is 3. The molecule has 0 saturated carbocycles. The van der Waals surface area contributed by atoms with Gasteiger partial charge in [0, 0.05) is 17.3 Å². The fraction of sp³-hybridized carbons (Fsp3) is 0.0667. The van der Waals surface area contributed by atoms with Gasteiger partial charge in [0.15, 0.2) is 5.13 Å². The monoisotopic (exact) mass is 367 g/mol. The van der Waals surface area contributed by atoms with Gasteiger partial charge in [-0.1, -0.05) is 34.5 Å². The molecule has 0 fully saturated rings. The molecule has 3 N–H and O–H groups in total. The van der Waals surface area contributed by atoms with Crippen LogP contribution in [0.1, 0.15) is 10.4 Å². The minimum atomic E-state index is -0.303. The Balaban J connectivity index is 1.94. The number of ether oxygens (including phenoxy) is 1. The van der Waals surface area contributed by atoms with Gasteiger partial charge < -0.3 is 15.8 Å². The van der Waals surface area contributed by atoms with E-state index in [1.54, 1.807) is 24.3 Å². The smallest absolute Gasteiger partial charge is 0.255 e. The predicted molar refractivity (Wildman–Crippen MR) is 95.0 cm³/mol. The highest BCUT2D eigenvalue weighted by Crippen LogP contribution is 2.34. The molecule has 8 heteroatoms. The van der Waals surface area contributed by atoms with Crippen LogP contribution in [0.2, 0.25) is 10.0 Å². The number of hydrogen-bond acceptors (Lipinski definition) is 5. The van der Waals surface area contributed by atoms with Crippen molar-refractivity contribution in [3.8, 4) is 5.75 Å². The quantitative estimate of drug-likeness (QED) is 0.716. The molecule has 2 aromatic carbocycles. The minimum Gasteiger partial charge on any atom is -0.494 e. The molecule has 0 aliphatic carbocycles. The van der Waals surface area contributed by atoms with Gasteiger partial charge in [0.05, 0.1) is 21.9 Å². The van der Waals surface area contributed by atoms with E-state index in [1.165, 1.54) is 24.5 Å². The Morgan fingerprint density at radius 3 is 2.74 bits per heavy atom. The Morgan fingerprint density at radius 2 is 2.04 bits per heavy atom. The Morgan fingerprint density at radius 1 is 1.26 bits per heavy atom. The van der Waals surface area contributed by atoms with Crippen LogP contribution in [0.5, 0.6) is 5.75 Å². The molecule has 0 aliphatic rings. The molecule has 1 amide bonds. The Labute approximate surface area is 146 Å². The summed E-state index contributed by atoms with van der Waals surface area (Å²) < 4.78 is 6.13. The van der Waals surface area contributed by atoms with E-state index in [-0.39, 0.29) is 5.91 Å². The van der Waals surface area contributed by atoms with Gasteiger partial charge in [-0.25, -0.2) is 4.98 Å². The lowest BCUT2D eigenvalue weighted by Gasteiger charge is -2.08. The highest BCUT2D eigenvalue weighted by atomic mass is 35.5. The van der Waals surface area contributed by atoms with Gasteiger partial charge in [-0.2, -0.15) is 0 Å². The van der Waals surface area contributed by atoms with Gasteiger partial charge in [-0.05, 0) is 24.3 Å². The van der Waals surface area contributed by atoms with Crippen LogP contribution in [0.25, 0.3) is 10.2 Å². The zero-order valence-corrected chi connectivity index (χ0v) is 14.2. The topological polar surface area (TPSA) is 77.2 Å². The van der Waals surface area contributed by atoms with E-state index in [2.05, 4.69) is 10.3 Å². The van der Waals surface area contributed by atoms with Crippen molar-refractivity contribution in [1.82, 2.24) is 4.98 Å². The number of fused-ring (bicyclic) bond motifs is 1. The first-order valence-corrected chi connectivity index (χ1v) is 8.05. The second-order valence-corrected chi connectivity index (χ2v) is 6.54. The summed E-state index contributed by atoms with van der Waals surface area (Å²) in [5.74, 6) is 0.238. The standard InChI is InChI=1S/C15H11Cl2N3O2S/c1-22-11-5-8(6-12-13(11)20-15(18)23-12)19-14(21)7-2-3-9(16)10(17)4-7/h2-6H,1H3,(H2,18,20)(H,19,21). The first-order chi connectivity index (χ1) is 11.0. The number of thiazole rings is 1. The van der Waals surface area contributed by atoms with E-state index in [9.17, 15) is 4.79 Å². The van der Waals surface area contributed by atoms with Crippen LogP contribution in [0, 0.1) is 0 Å². The van der Waals surface area contributed by atoms with Crippen LogP contribution in [0.4, 0.5) is 10.8 Å². The molecular weight excluding hydrogens is 357 g/mol. The SMILES string of the molecule is COc1cc(NC(=O)c2ccc(Cl)c(Cl)c2)cc2sc(N)nc12. The minimum absolute atomic E-state index is 0.303. The lowest BCUT2D eigenvalue weighted by atomic mass is 10.2. The third-order valence-corrected chi connectivity index (χ3v) is 4.71. The number of nitrogen functional groups attached to an aromatic ring is 1. The summed E-state index contributed by atoms with van der Waals surface area (Å²) in [5, 5.41) is 3.95. The first kappa shape index (κ1) is 15.9. The number of carbonyl (C=O) groups excluding carboxylic acids is 1. The molecule has 0 atom stereocenters. The highest BCUT2D eigenvalue weighted by Gasteiger charge is 2.13.